The Morgan fingerprint density at radius 3 is 2.74 bits per heavy atom. The lowest BCUT2D eigenvalue weighted by molar-refractivity contribution is 0.00916. The number of nitrogens with zero attached hydrogens (tertiary/aromatic N) is 3. The summed E-state index contributed by atoms with van der Waals surface area (Å²) in [6, 6.07) is 0.961. The smallest absolute Gasteiger partial charge is 0.343 e. The van der Waals surface area contributed by atoms with Gasteiger partial charge >= 0.3 is 5.97 Å². The zero-order valence-corrected chi connectivity index (χ0v) is 17.5. The lowest BCUT2D eigenvalue weighted by atomic mass is 10.1. The number of likely N-dealkylation sites (N-methyl/N-ethyl adjacent to an activating group) is 1. The SMILES string of the molecule is CC1COc2c(N3CCN(C)CC3)c(F)cc3c(=O)c(C(=O)OC[C@@H](O)CO)cn1c23. The predicted octanol–water partition coefficient (Wildman–Crippen LogP) is 0.356. The maximum atomic E-state index is 15.3. The summed E-state index contributed by atoms with van der Waals surface area (Å²) in [7, 11) is 2.01. The third-order valence-electron chi connectivity index (χ3n) is 5.80. The van der Waals surface area contributed by atoms with Gasteiger partial charge in [0.15, 0.2) is 11.6 Å². The van der Waals surface area contributed by atoms with Crippen LogP contribution in [0, 0.1) is 5.82 Å². The number of aliphatic hydroxyl groups excluding tert-OH is 2. The van der Waals surface area contributed by atoms with Crippen molar-refractivity contribution in [1.29, 1.82) is 0 Å². The normalized spacial score (nSPS) is 19.9. The van der Waals surface area contributed by atoms with Gasteiger partial charge in [-0.15, -0.1) is 0 Å². The number of aliphatic hydroxyl groups is 2. The first-order chi connectivity index (χ1) is 14.8. The average molecular weight is 435 g/mol. The Hall–Kier alpha value is -2.69. The highest BCUT2D eigenvalue weighted by molar-refractivity contribution is 5.98. The van der Waals surface area contributed by atoms with Gasteiger partial charge in [0.25, 0.3) is 0 Å². The molecular weight excluding hydrogens is 409 g/mol. The molecule has 0 aliphatic carbocycles. The van der Waals surface area contributed by atoms with Crippen molar-refractivity contribution in [3.8, 4) is 5.75 Å². The largest absolute Gasteiger partial charge is 0.487 e. The van der Waals surface area contributed by atoms with Crippen LogP contribution in [-0.2, 0) is 4.74 Å². The van der Waals surface area contributed by atoms with Gasteiger partial charge in [0, 0.05) is 32.4 Å². The average Bonchev–Trinajstić information content (AvgIpc) is 2.76. The van der Waals surface area contributed by atoms with Crippen LogP contribution in [0.3, 0.4) is 0 Å². The van der Waals surface area contributed by atoms with E-state index in [2.05, 4.69) is 4.90 Å². The molecule has 31 heavy (non-hydrogen) atoms. The quantitative estimate of drug-likeness (QED) is 0.649. The number of carbonyl (C=O) groups is 1. The highest BCUT2D eigenvalue weighted by Crippen LogP contribution is 2.42. The molecule has 2 aliphatic heterocycles. The molecule has 0 spiro atoms. The van der Waals surface area contributed by atoms with E-state index in [-0.39, 0.29) is 23.6 Å². The Balaban J connectivity index is 1.83. The second kappa shape index (κ2) is 8.45. The van der Waals surface area contributed by atoms with Crippen LogP contribution in [0.15, 0.2) is 17.1 Å². The van der Waals surface area contributed by atoms with Crippen molar-refractivity contribution in [2.45, 2.75) is 19.1 Å². The topological polar surface area (TPSA) is 104 Å². The number of anilines is 1. The first-order valence-corrected chi connectivity index (χ1v) is 10.3. The monoisotopic (exact) mass is 435 g/mol. The molecule has 2 aliphatic rings. The third-order valence-corrected chi connectivity index (χ3v) is 5.80. The van der Waals surface area contributed by atoms with E-state index in [1.54, 1.807) is 4.57 Å². The number of esters is 1. The minimum Gasteiger partial charge on any atom is -0.487 e. The molecule has 0 radical (unpaired) electrons. The van der Waals surface area contributed by atoms with E-state index >= 15 is 4.39 Å². The summed E-state index contributed by atoms with van der Waals surface area (Å²) in [5, 5.41) is 18.3. The van der Waals surface area contributed by atoms with Crippen LogP contribution in [0.2, 0.25) is 0 Å². The molecule has 1 fully saturated rings. The number of piperazine rings is 1. The van der Waals surface area contributed by atoms with Crippen molar-refractivity contribution in [2.75, 3.05) is 57.9 Å². The van der Waals surface area contributed by atoms with Gasteiger partial charge < -0.3 is 34.1 Å². The minimum absolute atomic E-state index is 0.0362. The van der Waals surface area contributed by atoms with Crippen molar-refractivity contribution in [3.63, 3.8) is 0 Å². The number of ether oxygens (including phenoxy) is 2. The van der Waals surface area contributed by atoms with Gasteiger partial charge in [0.05, 0.1) is 23.6 Å². The van der Waals surface area contributed by atoms with E-state index in [1.807, 2.05) is 18.9 Å². The van der Waals surface area contributed by atoms with E-state index in [0.29, 0.717) is 30.0 Å². The van der Waals surface area contributed by atoms with Crippen LogP contribution >= 0.6 is 0 Å². The summed E-state index contributed by atoms with van der Waals surface area (Å²) in [5.41, 5.74) is -0.144. The molecule has 2 aromatic rings. The number of carbonyl (C=O) groups excluding carboxylic acids is 1. The molecule has 2 N–H and O–H groups in total. The van der Waals surface area contributed by atoms with Crippen molar-refractivity contribution in [2.24, 2.45) is 0 Å². The van der Waals surface area contributed by atoms with Gasteiger partial charge in [0.2, 0.25) is 5.43 Å². The molecule has 3 heterocycles. The Morgan fingerprint density at radius 1 is 1.35 bits per heavy atom. The zero-order valence-electron chi connectivity index (χ0n) is 17.5. The summed E-state index contributed by atoms with van der Waals surface area (Å²) < 4.78 is 27.9. The maximum Gasteiger partial charge on any atom is 0.343 e. The number of hydrogen-bond donors (Lipinski definition) is 2. The molecule has 0 saturated carbocycles. The summed E-state index contributed by atoms with van der Waals surface area (Å²) in [6.07, 6.45) is 0.161. The molecule has 9 nitrogen and oxygen atoms in total. The highest BCUT2D eigenvalue weighted by Gasteiger charge is 2.31. The number of aromatic nitrogens is 1. The fourth-order valence-corrected chi connectivity index (χ4v) is 3.98. The van der Waals surface area contributed by atoms with Crippen LogP contribution in [0.1, 0.15) is 23.3 Å². The molecule has 0 bridgehead atoms. The predicted molar refractivity (Wildman–Crippen MR) is 111 cm³/mol. The van der Waals surface area contributed by atoms with Crippen LogP contribution < -0.4 is 15.1 Å². The van der Waals surface area contributed by atoms with E-state index < -0.39 is 36.5 Å². The van der Waals surface area contributed by atoms with Crippen molar-refractivity contribution in [3.05, 3.63) is 33.9 Å². The van der Waals surface area contributed by atoms with Crippen molar-refractivity contribution >= 4 is 22.6 Å². The van der Waals surface area contributed by atoms with Crippen molar-refractivity contribution in [1.82, 2.24) is 9.47 Å². The molecule has 4 rings (SSSR count). The minimum atomic E-state index is -1.24. The van der Waals surface area contributed by atoms with Gasteiger partial charge in [-0.3, -0.25) is 4.79 Å². The van der Waals surface area contributed by atoms with Gasteiger partial charge in [-0.2, -0.15) is 0 Å². The highest BCUT2D eigenvalue weighted by atomic mass is 19.1. The number of hydrogen-bond acceptors (Lipinski definition) is 8. The molecule has 1 saturated heterocycles. The second-order valence-corrected chi connectivity index (χ2v) is 8.10. The van der Waals surface area contributed by atoms with Gasteiger partial charge in [-0.05, 0) is 20.0 Å². The van der Waals surface area contributed by atoms with Gasteiger partial charge in [0.1, 0.15) is 30.6 Å². The molecule has 10 heteroatoms. The summed E-state index contributed by atoms with van der Waals surface area (Å²) >= 11 is 0. The first-order valence-electron chi connectivity index (χ1n) is 10.3. The summed E-state index contributed by atoms with van der Waals surface area (Å²) in [6.45, 7) is 3.93. The van der Waals surface area contributed by atoms with Crippen LogP contribution in [-0.4, -0.2) is 84.8 Å². The summed E-state index contributed by atoms with van der Waals surface area (Å²) in [4.78, 5) is 29.6. The van der Waals surface area contributed by atoms with E-state index in [0.717, 1.165) is 19.2 Å². The lowest BCUT2D eigenvalue weighted by Crippen LogP contribution is -2.45. The Kier molecular flexibility index (Phi) is 5.87. The molecule has 168 valence electrons. The van der Waals surface area contributed by atoms with Crippen LogP contribution in [0.25, 0.3) is 10.9 Å². The Morgan fingerprint density at radius 2 is 2.06 bits per heavy atom. The number of pyridine rings is 1. The molecule has 0 amide bonds. The standard InChI is InChI=1S/C21H26FN3O6/c1-12-10-30-20-17-14(7-16(22)18(20)24-5-3-23(2)4-6-24)19(28)15(8-25(12)17)21(29)31-11-13(27)9-26/h7-8,12-13,26-27H,3-6,9-11H2,1-2H3/t12?,13-/m0/s1. The number of rotatable bonds is 5. The zero-order chi connectivity index (χ0) is 22.3. The number of halogens is 1. The molecular formula is C21H26FN3O6. The van der Waals surface area contributed by atoms with Crippen LogP contribution in [0.5, 0.6) is 5.75 Å². The van der Waals surface area contributed by atoms with Crippen LogP contribution in [0.4, 0.5) is 10.1 Å². The fraction of sp³-hybridized carbons (Fsp3) is 0.524. The van der Waals surface area contributed by atoms with Gasteiger partial charge in [-0.1, -0.05) is 0 Å². The molecule has 1 aromatic carbocycles. The molecule has 2 atom stereocenters. The van der Waals surface area contributed by atoms with Crippen molar-refractivity contribution < 1.29 is 28.9 Å². The molecule has 1 unspecified atom stereocenters. The van der Waals surface area contributed by atoms with Gasteiger partial charge in [-0.25, -0.2) is 9.18 Å². The van der Waals surface area contributed by atoms with E-state index in [1.165, 1.54) is 6.20 Å². The first kappa shape index (κ1) is 21.5. The Bertz CT molecular complexity index is 1060. The number of benzene rings is 1. The Labute approximate surface area is 178 Å². The fourth-order valence-electron chi connectivity index (χ4n) is 3.98. The maximum absolute atomic E-state index is 15.3. The lowest BCUT2D eigenvalue weighted by Gasteiger charge is -2.37. The molecule has 1 aromatic heterocycles. The van der Waals surface area contributed by atoms with E-state index in [4.69, 9.17) is 14.6 Å². The third kappa shape index (κ3) is 3.86. The summed E-state index contributed by atoms with van der Waals surface area (Å²) in [5.74, 6) is -1.20. The second-order valence-electron chi connectivity index (χ2n) is 8.10. The van der Waals surface area contributed by atoms with E-state index in [9.17, 15) is 14.7 Å².